The molecule has 0 spiro atoms. The Hall–Kier alpha value is -4.06. The van der Waals surface area contributed by atoms with Gasteiger partial charge in [0.15, 0.2) is 0 Å². The summed E-state index contributed by atoms with van der Waals surface area (Å²) in [6.45, 7) is 0.586. The van der Waals surface area contributed by atoms with Crippen LogP contribution in [0.2, 0.25) is 0 Å². The predicted octanol–water partition coefficient (Wildman–Crippen LogP) is 4.52. The first-order chi connectivity index (χ1) is 18.4. The summed E-state index contributed by atoms with van der Waals surface area (Å²) < 4.78 is 64.8. The number of alkyl halides is 3. The maximum Gasteiger partial charge on any atom is 0.490 e. The van der Waals surface area contributed by atoms with Crippen LogP contribution in [-0.2, 0) is 31.4 Å². The Morgan fingerprint density at radius 3 is 2.13 bits per heavy atom. The van der Waals surface area contributed by atoms with Crippen LogP contribution in [0, 0.1) is 0 Å². The highest BCUT2D eigenvalue weighted by atomic mass is 32.2. The van der Waals surface area contributed by atoms with Crippen molar-refractivity contribution < 1.29 is 41.0 Å². The number of anilines is 1. The van der Waals surface area contributed by atoms with Gasteiger partial charge in [0, 0.05) is 18.3 Å². The monoisotopic (exact) mass is 564 g/mol. The van der Waals surface area contributed by atoms with E-state index in [1.54, 1.807) is 24.3 Å². The Bertz CT molecular complexity index is 1390. The molecule has 12 heteroatoms. The molecule has 3 N–H and O–H groups in total. The second kappa shape index (κ2) is 12.2. The van der Waals surface area contributed by atoms with E-state index in [4.69, 9.17) is 14.6 Å². The van der Waals surface area contributed by atoms with Crippen LogP contribution in [0.1, 0.15) is 24.0 Å². The lowest BCUT2D eigenvalue weighted by molar-refractivity contribution is -0.192. The van der Waals surface area contributed by atoms with Gasteiger partial charge in [0.1, 0.15) is 5.75 Å². The zero-order valence-electron chi connectivity index (χ0n) is 20.9. The van der Waals surface area contributed by atoms with E-state index in [1.165, 1.54) is 24.8 Å². The molecule has 0 bridgehead atoms. The molecule has 0 radical (unpaired) electrons. The van der Waals surface area contributed by atoms with E-state index in [1.807, 2.05) is 42.5 Å². The summed E-state index contributed by atoms with van der Waals surface area (Å²) in [6, 6.07) is 23.4. The fraction of sp³-hybridized carbons (Fsp3) is 0.259. The number of rotatable bonds is 9. The zero-order valence-corrected chi connectivity index (χ0v) is 21.7. The lowest BCUT2D eigenvalue weighted by Gasteiger charge is -2.17. The highest BCUT2D eigenvalue weighted by molar-refractivity contribution is 7.92. The molecule has 1 aliphatic rings. The van der Waals surface area contributed by atoms with Gasteiger partial charge in [-0.25, -0.2) is 13.2 Å². The van der Waals surface area contributed by atoms with Gasteiger partial charge < -0.3 is 15.2 Å². The first kappa shape index (κ1) is 29.5. The molecule has 0 unspecified atom stereocenters. The number of nitrogens with one attached hydrogen (secondary N) is 2. The molecule has 8 nitrogen and oxygen atoms in total. The second-order valence-corrected chi connectivity index (χ2v) is 10.4. The van der Waals surface area contributed by atoms with Crippen LogP contribution in [0.5, 0.6) is 5.75 Å². The van der Waals surface area contributed by atoms with Crippen molar-refractivity contribution in [3.63, 3.8) is 0 Å². The number of carbonyl (C=O) groups is 2. The van der Waals surface area contributed by atoms with E-state index in [2.05, 4.69) is 10.0 Å². The van der Waals surface area contributed by atoms with Crippen molar-refractivity contribution >= 4 is 27.6 Å². The fourth-order valence-electron chi connectivity index (χ4n) is 3.75. The van der Waals surface area contributed by atoms with Gasteiger partial charge >= 0.3 is 12.1 Å². The highest BCUT2D eigenvalue weighted by Gasteiger charge is 2.51. The molecule has 1 fully saturated rings. The molecule has 3 aromatic carbocycles. The molecule has 0 aromatic heterocycles. The van der Waals surface area contributed by atoms with Gasteiger partial charge in [-0.05, 0) is 54.7 Å². The normalized spacial score (nSPS) is 13.8. The number of benzene rings is 3. The molecule has 3 aromatic rings. The zero-order chi connectivity index (χ0) is 28.7. The average Bonchev–Trinajstić information content (AvgIpc) is 3.72. The topological polar surface area (TPSA) is 122 Å². The van der Waals surface area contributed by atoms with E-state index in [-0.39, 0.29) is 10.8 Å². The summed E-state index contributed by atoms with van der Waals surface area (Å²) in [5.74, 6) is -2.26. The summed E-state index contributed by atoms with van der Waals surface area (Å²) in [5.41, 5.74) is 2.02. The Morgan fingerprint density at radius 1 is 0.974 bits per heavy atom. The van der Waals surface area contributed by atoms with Crippen LogP contribution in [0.4, 0.5) is 18.9 Å². The van der Waals surface area contributed by atoms with Crippen LogP contribution in [0.15, 0.2) is 83.8 Å². The molecule has 0 aliphatic heterocycles. The number of aliphatic carboxylic acids is 1. The standard InChI is InChI=1S/C25H26N2O4S.C2HF3O2/c1-31-22-8-5-9-23(18-22)32(29,30)27-21-12-10-20(11-13-21)25(15-16-25)24(28)26-17-14-19-6-3-2-4-7-19;3-2(4,5)1(6)7/h2-13,18,27H,14-17H2,1H3,(H,26,28);(H,6,7). The number of sulfonamides is 1. The molecule has 4 rings (SSSR count). The molecule has 39 heavy (non-hydrogen) atoms. The molecule has 0 saturated heterocycles. The number of carboxylic acids is 1. The molecule has 1 aliphatic carbocycles. The maximum atomic E-state index is 12.8. The Balaban J connectivity index is 0.000000532. The molecular formula is C27H27F3N2O6S. The van der Waals surface area contributed by atoms with Gasteiger partial charge in [0.05, 0.1) is 17.4 Å². The van der Waals surface area contributed by atoms with Crippen molar-refractivity contribution in [2.75, 3.05) is 18.4 Å². The first-order valence-electron chi connectivity index (χ1n) is 11.8. The van der Waals surface area contributed by atoms with Crippen molar-refractivity contribution in [3.8, 4) is 5.75 Å². The quantitative estimate of drug-likeness (QED) is 0.351. The third-order valence-electron chi connectivity index (χ3n) is 6.01. The number of methoxy groups -OCH3 is 1. The Labute approximate surface area is 223 Å². The van der Waals surface area contributed by atoms with Gasteiger partial charge in [0.25, 0.3) is 10.0 Å². The predicted molar refractivity (Wildman–Crippen MR) is 138 cm³/mol. The minimum absolute atomic E-state index is 0.0261. The maximum absolute atomic E-state index is 12.8. The number of carbonyl (C=O) groups excluding carboxylic acids is 1. The summed E-state index contributed by atoms with van der Waals surface area (Å²) in [4.78, 5) is 21.9. The molecule has 1 amide bonds. The van der Waals surface area contributed by atoms with Crippen molar-refractivity contribution in [2.45, 2.75) is 35.7 Å². The van der Waals surface area contributed by atoms with E-state index >= 15 is 0 Å². The molecular weight excluding hydrogens is 537 g/mol. The van der Waals surface area contributed by atoms with E-state index in [0.717, 1.165) is 24.8 Å². The molecule has 1 saturated carbocycles. The van der Waals surface area contributed by atoms with E-state index < -0.39 is 27.6 Å². The van der Waals surface area contributed by atoms with Crippen molar-refractivity contribution in [1.29, 1.82) is 0 Å². The number of ether oxygens (including phenoxy) is 1. The van der Waals surface area contributed by atoms with Gasteiger partial charge in [-0.1, -0.05) is 48.5 Å². The lowest BCUT2D eigenvalue weighted by Crippen LogP contribution is -2.35. The van der Waals surface area contributed by atoms with Crippen LogP contribution in [0.25, 0.3) is 0 Å². The SMILES string of the molecule is COc1cccc(S(=O)(=O)Nc2ccc(C3(C(=O)NCCc4ccccc4)CC3)cc2)c1.O=C(O)C(F)(F)F. The Kier molecular flexibility index (Phi) is 9.23. The van der Waals surface area contributed by atoms with Crippen molar-refractivity contribution in [3.05, 3.63) is 90.0 Å². The van der Waals surface area contributed by atoms with Gasteiger partial charge in [0.2, 0.25) is 5.91 Å². The minimum atomic E-state index is -5.08. The number of amides is 1. The third-order valence-corrected chi connectivity index (χ3v) is 7.39. The summed E-state index contributed by atoms with van der Waals surface area (Å²) >= 11 is 0. The molecule has 0 heterocycles. The average molecular weight is 565 g/mol. The van der Waals surface area contributed by atoms with E-state index in [9.17, 15) is 26.4 Å². The van der Waals surface area contributed by atoms with Crippen molar-refractivity contribution in [1.82, 2.24) is 5.32 Å². The minimum Gasteiger partial charge on any atom is -0.497 e. The third kappa shape index (κ3) is 7.96. The summed E-state index contributed by atoms with van der Waals surface area (Å²) in [7, 11) is -2.25. The second-order valence-electron chi connectivity index (χ2n) is 8.74. The van der Waals surface area contributed by atoms with E-state index in [0.29, 0.717) is 18.0 Å². The number of hydrogen-bond acceptors (Lipinski definition) is 5. The summed E-state index contributed by atoms with van der Waals surface area (Å²) in [5, 5.41) is 10.2. The van der Waals surface area contributed by atoms with Crippen LogP contribution < -0.4 is 14.8 Å². The van der Waals surface area contributed by atoms with Gasteiger partial charge in [-0.3, -0.25) is 9.52 Å². The summed E-state index contributed by atoms with van der Waals surface area (Å²) in [6.07, 6.45) is -2.72. The lowest BCUT2D eigenvalue weighted by atomic mass is 9.94. The molecule has 208 valence electrons. The number of halogens is 3. The van der Waals surface area contributed by atoms with Gasteiger partial charge in [-0.15, -0.1) is 0 Å². The highest BCUT2D eigenvalue weighted by Crippen LogP contribution is 2.48. The van der Waals surface area contributed by atoms with Crippen LogP contribution in [0.3, 0.4) is 0 Å². The smallest absolute Gasteiger partial charge is 0.490 e. The first-order valence-corrected chi connectivity index (χ1v) is 13.3. The van der Waals surface area contributed by atoms with Gasteiger partial charge in [-0.2, -0.15) is 13.2 Å². The van der Waals surface area contributed by atoms with Crippen LogP contribution >= 0.6 is 0 Å². The number of carboxylic acid groups (broad SMARTS) is 1. The largest absolute Gasteiger partial charge is 0.497 e. The Morgan fingerprint density at radius 2 is 1.59 bits per heavy atom. The number of hydrogen-bond donors (Lipinski definition) is 3. The molecule has 0 atom stereocenters. The van der Waals surface area contributed by atoms with Crippen molar-refractivity contribution in [2.24, 2.45) is 0 Å². The van der Waals surface area contributed by atoms with Crippen LogP contribution in [-0.4, -0.2) is 45.2 Å². The fourth-order valence-corrected chi connectivity index (χ4v) is 4.84.